The van der Waals surface area contributed by atoms with Gasteiger partial charge in [0.15, 0.2) is 17.5 Å². The highest BCUT2D eigenvalue weighted by molar-refractivity contribution is 7.25. The molecule has 310 valence electrons. The molecule has 0 radical (unpaired) electrons. The summed E-state index contributed by atoms with van der Waals surface area (Å²) in [6, 6.07) is 54.1. The Kier molecular flexibility index (Phi) is 9.21. The van der Waals surface area contributed by atoms with Crippen LogP contribution < -0.4 is 0 Å². The average Bonchev–Trinajstić information content (AvgIpc) is 3.86. The van der Waals surface area contributed by atoms with Gasteiger partial charge in [0.25, 0.3) is 0 Å². The second-order valence-electron chi connectivity index (χ2n) is 15.4. The number of alkyl halides is 6. The first-order chi connectivity index (χ1) is 31.0. The van der Waals surface area contributed by atoms with Gasteiger partial charge in [-0.2, -0.15) is 26.3 Å². The van der Waals surface area contributed by atoms with Crippen LogP contribution in [-0.2, 0) is 12.4 Å². The molecule has 0 N–H and O–H groups in total. The SMILES string of the molecule is FC(F)(F)c1ccc(-c2ccc3c4ccccc4n(-c4ccc(-c5ccc6sc7ccccc7c6c5)cc4-c4nc(-c5ccccc5)nc(-c5ccccc5)n4)c3c2)c(C(F)(F)F)c1. The third kappa shape index (κ3) is 6.85. The number of rotatable bonds is 6. The van der Waals surface area contributed by atoms with Gasteiger partial charge in [-0.3, -0.25) is 0 Å². The van der Waals surface area contributed by atoms with Gasteiger partial charge in [0, 0.05) is 47.6 Å². The van der Waals surface area contributed by atoms with E-state index in [9.17, 15) is 26.3 Å². The predicted molar refractivity (Wildman–Crippen MR) is 244 cm³/mol. The number of hydrogen-bond donors (Lipinski definition) is 0. The third-order valence-electron chi connectivity index (χ3n) is 11.5. The summed E-state index contributed by atoms with van der Waals surface area (Å²) in [5.74, 6) is 1.24. The van der Waals surface area contributed by atoms with Gasteiger partial charge in [0.2, 0.25) is 0 Å². The van der Waals surface area contributed by atoms with E-state index in [2.05, 4.69) is 30.3 Å². The molecule has 0 unspecified atom stereocenters. The normalized spacial score (nSPS) is 12.2. The molecule has 0 aliphatic rings. The lowest BCUT2D eigenvalue weighted by Crippen LogP contribution is -2.12. The van der Waals surface area contributed by atoms with Crippen LogP contribution in [0.5, 0.6) is 0 Å². The molecule has 0 atom stereocenters. The molecule has 0 aliphatic carbocycles. The quantitative estimate of drug-likeness (QED) is 0.156. The number of benzene rings is 8. The Labute approximate surface area is 365 Å². The third-order valence-corrected chi connectivity index (χ3v) is 12.7. The molecule has 0 aliphatic heterocycles. The van der Waals surface area contributed by atoms with Gasteiger partial charge in [0.05, 0.1) is 27.8 Å². The summed E-state index contributed by atoms with van der Waals surface area (Å²) in [4.78, 5) is 15.2. The number of aromatic nitrogens is 4. The molecule has 11 rings (SSSR count). The van der Waals surface area contributed by atoms with E-state index in [1.165, 1.54) is 10.8 Å². The minimum absolute atomic E-state index is 0.102. The lowest BCUT2D eigenvalue weighted by atomic mass is 9.96. The molecule has 0 spiro atoms. The minimum Gasteiger partial charge on any atom is -0.308 e. The van der Waals surface area contributed by atoms with E-state index in [-0.39, 0.29) is 17.2 Å². The average molecular weight is 869 g/mol. The molecule has 11 aromatic rings. The Morgan fingerprint density at radius 2 is 0.953 bits per heavy atom. The van der Waals surface area contributed by atoms with Crippen molar-refractivity contribution in [1.82, 2.24) is 19.5 Å². The van der Waals surface area contributed by atoms with Crippen molar-refractivity contribution in [3.8, 4) is 62.1 Å². The maximum atomic E-state index is 14.6. The number of hydrogen-bond acceptors (Lipinski definition) is 4. The topological polar surface area (TPSA) is 43.6 Å². The van der Waals surface area contributed by atoms with Crippen LogP contribution in [0.3, 0.4) is 0 Å². The first kappa shape index (κ1) is 39.2. The van der Waals surface area contributed by atoms with E-state index in [1.54, 1.807) is 23.5 Å². The lowest BCUT2D eigenvalue weighted by Gasteiger charge is -2.18. The fourth-order valence-corrected chi connectivity index (χ4v) is 9.62. The van der Waals surface area contributed by atoms with Crippen LogP contribution in [0.1, 0.15) is 11.1 Å². The van der Waals surface area contributed by atoms with Gasteiger partial charge < -0.3 is 4.57 Å². The van der Waals surface area contributed by atoms with E-state index < -0.39 is 23.5 Å². The van der Waals surface area contributed by atoms with E-state index in [0.717, 1.165) is 60.1 Å². The maximum absolute atomic E-state index is 14.6. The highest BCUT2D eigenvalue weighted by atomic mass is 32.1. The summed E-state index contributed by atoms with van der Waals surface area (Å²) in [7, 11) is 0. The van der Waals surface area contributed by atoms with E-state index >= 15 is 0 Å². The zero-order valence-electron chi connectivity index (χ0n) is 33.3. The molecule has 0 saturated heterocycles. The molecule has 3 heterocycles. The van der Waals surface area contributed by atoms with E-state index in [1.807, 2.05) is 120 Å². The van der Waals surface area contributed by atoms with Crippen LogP contribution in [0.4, 0.5) is 26.3 Å². The molecule has 3 aromatic heterocycles. The van der Waals surface area contributed by atoms with Crippen molar-refractivity contribution in [3.63, 3.8) is 0 Å². The van der Waals surface area contributed by atoms with Gasteiger partial charge in [-0.25, -0.2) is 15.0 Å². The summed E-state index contributed by atoms with van der Waals surface area (Å²) in [5, 5.41) is 3.83. The first-order valence-electron chi connectivity index (χ1n) is 20.2. The number of nitrogens with zero attached hydrogens (tertiary/aromatic N) is 4. The number of thiophene rings is 1. The van der Waals surface area contributed by atoms with Gasteiger partial charge in [-0.05, 0) is 76.9 Å². The summed E-state index contributed by atoms with van der Waals surface area (Å²) in [6.45, 7) is 0. The molecule has 11 heteroatoms. The number of halogens is 6. The Balaban J connectivity index is 1.20. The fraction of sp³-hybridized carbons (Fsp3) is 0.0377. The van der Waals surface area contributed by atoms with E-state index in [0.29, 0.717) is 40.3 Å². The molecule has 8 aromatic carbocycles. The van der Waals surface area contributed by atoms with Gasteiger partial charge >= 0.3 is 12.4 Å². The Morgan fingerprint density at radius 3 is 1.66 bits per heavy atom. The minimum atomic E-state index is -5.06. The number of fused-ring (bicyclic) bond motifs is 6. The molecule has 4 nitrogen and oxygen atoms in total. The van der Waals surface area contributed by atoms with Crippen LogP contribution in [0.25, 0.3) is 104 Å². The summed E-state index contributed by atoms with van der Waals surface area (Å²) >= 11 is 1.73. The van der Waals surface area contributed by atoms with Crippen LogP contribution in [0.2, 0.25) is 0 Å². The van der Waals surface area contributed by atoms with Crippen molar-refractivity contribution in [3.05, 3.63) is 193 Å². The van der Waals surface area contributed by atoms with Gasteiger partial charge in [-0.15, -0.1) is 11.3 Å². The van der Waals surface area contributed by atoms with Crippen LogP contribution in [0.15, 0.2) is 182 Å². The van der Waals surface area contributed by atoms with Crippen molar-refractivity contribution in [1.29, 1.82) is 0 Å². The maximum Gasteiger partial charge on any atom is 0.417 e. The smallest absolute Gasteiger partial charge is 0.308 e. The first-order valence-corrected chi connectivity index (χ1v) is 21.0. The van der Waals surface area contributed by atoms with Crippen LogP contribution in [0, 0.1) is 0 Å². The molecular formula is C53H30F6N4S. The summed E-state index contributed by atoms with van der Waals surface area (Å²) < 4.78 is 89.4. The van der Waals surface area contributed by atoms with Crippen molar-refractivity contribution >= 4 is 53.3 Å². The Morgan fingerprint density at radius 1 is 0.375 bits per heavy atom. The standard InChI is InChI=1S/C53H30F6N4S/c54-52(55,56)36-22-24-37(43(30-36)53(57,58)59)35-19-23-39-38-15-7-9-17-44(38)63(46(39)29-35)45-25-20-33(34-21-26-48-41(27-34)40-16-8-10-18-47(40)64-48)28-42(45)51-61-49(31-11-3-1-4-12-31)60-50(62-51)32-13-5-2-6-14-32/h1-30H. The van der Waals surface area contributed by atoms with Gasteiger partial charge in [0.1, 0.15) is 0 Å². The molecular weight excluding hydrogens is 839 g/mol. The highest BCUT2D eigenvalue weighted by Gasteiger charge is 2.38. The fourth-order valence-electron chi connectivity index (χ4n) is 8.53. The second kappa shape index (κ2) is 15.0. The van der Waals surface area contributed by atoms with Crippen molar-refractivity contribution < 1.29 is 26.3 Å². The summed E-state index contributed by atoms with van der Waals surface area (Å²) in [6.07, 6.45) is -10.0. The Bertz CT molecular complexity index is 3540. The number of para-hydroxylation sites is 1. The molecule has 64 heavy (non-hydrogen) atoms. The molecule has 0 bridgehead atoms. The zero-order valence-corrected chi connectivity index (χ0v) is 34.1. The zero-order chi connectivity index (χ0) is 43.7. The Hall–Kier alpha value is -7.63. The molecule has 0 saturated carbocycles. The van der Waals surface area contributed by atoms with Crippen molar-refractivity contribution in [2.24, 2.45) is 0 Å². The molecule has 0 amide bonds. The largest absolute Gasteiger partial charge is 0.417 e. The van der Waals surface area contributed by atoms with Crippen molar-refractivity contribution in [2.45, 2.75) is 12.4 Å². The highest BCUT2D eigenvalue weighted by Crippen LogP contribution is 2.44. The predicted octanol–water partition coefficient (Wildman–Crippen LogP) is 15.7. The second-order valence-corrected chi connectivity index (χ2v) is 16.5. The van der Waals surface area contributed by atoms with Crippen molar-refractivity contribution in [2.75, 3.05) is 0 Å². The van der Waals surface area contributed by atoms with E-state index in [4.69, 9.17) is 15.0 Å². The van der Waals surface area contributed by atoms with Crippen LogP contribution in [-0.4, -0.2) is 19.5 Å². The van der Waals surface area contributed by atoms with Gasteiger partial charge in [-0.1, -0.05) is 127 Å². The monoisotopic (exact) mass is 868 g/mol. The summed E-state index contributed by atoms with van der Waals surface area (Å²) in [5.41, 5.74) is 2.87. The molecule has 0 fully saturated rings. The van der Waals surface area contributed by atoms with Crippen LogP contribution >= 0.6 is 11.3 Å². The lowest BCUT2D eigenvalue weighted by molar-refractivity contribution is -0.142.